The molecule has 7 nitrogen and oxygen atoms in total. The smallest absolute Gasteiger partial charge is 0.489 e. The Kier molecular flexibility index (Phi) is 8.18. The van der Waals surface area contributed by atoms with E-state index in [0.717, 1.165) is 11.3 Å². The van der Waals surface area contributed by atoms with Crippen molar-refractivity contribution in [2.75, 3.05) is 33.3 Å². The molecule has 11 heteroatoms. The van der Waals surface area contributed by atoms with E-state index >= 15 is 0 Å². The standard InChI is InChI=1S/C26H28ClF3N2O5/c1-31-23(33)13-17-4-2-3-5-21(17)35-16-20(36-24(34)26(28,29)30)15-32-10-8-25(9-11-32)14-18-12-19(27)6-7-22(18)37-25/h2-7,12,20H,8-11,13-16H2,1H3,(H,31,33)/t20-/m1/s1. The Balaban J connectivity index is 1.39. The minimum Gasteiger partial charge on any atom is -0.489 e. The number of hydrogen-bond donors (Lipinski definition) is 1. The number of likely N-dealkylation sites (tertiary alicyclic amines) is 1. The van der Waals surface area contributed by atoms with Gasteiger partial charge in [0.2, 0.25) is 5.91 Å². The highest BCUT2D eigenvalue weighted by molar-refractivity contribution is 6.30. The summed E-state index contributed by atoms with van der Waals surface area (Å²) < 4.78 is 55.7. The number of carbonyl (C=O) groups excluding carboxylic acids is 2. The van der Waals surface area contributed by atoms with Gasteiger partial charge in [-0.05, 0) is 29.8 Å². The molecule has 1 amide bonds. The molecule has 2 heterocycles. The van der Waals surface area contributed by atoms with Crippen LogP contribution in [-0.4, -0.2) is 67.9 Å². The molecule has 0 aromatic heterocycles. The Morgan fingerprint density at radius 2 is 1.92 bits per heavy atom. The number of nitrogens with zero attached hydrogens (tertiary/aromatic N) is 1. The summed E-state index contributed by atoms with van der Waals surface area (Å²) in [5.41, 5.74) is 1.24. The number of hydrogen-bond acceptors (Lipinski definition) is 6. The molecular formula is C26H28ClF3N2O5. The molecule has 1 atom stereocenters. The minimum absolute atomic E-state index is 0.0431. The van der Waals surface area contributed by atoms with E-state index in [1.165, 1.54) is 7.05 Å². The van der Waals surface area contributed by atoms with Crippen molar-refractivity contribution < 1.29 is 37.0 Å². The first-order valence-corrected chi connectivity index (χ1v) is 12.3. The fourth-order valence-electron chi connectivity index (χ4n) is 4.69. The lowest BCUT2D eigenvalue weighted by Crippen LogP contribution is -2.50. The third-order valence-electron chi connectivity index (χ3n) is 6.62. The summed E-state index contributed by atoms with van der Waals surface area (Å²) in [5.74, 6) is -1.36. The Labute approximate surface area is 217 Å². The molecular weight excluding hydrogens is 513 g/mol. The van der Waals surface area contributed by atoms with Gasteiger partial charge in [-0.25, -0.2) is 4.79 Å². The maximum Gasteiger partial charge on any atom is 0.490 e. The number of esters is 1. The minimum atomic E-state index is -5.12. The van der Waals surface area contributed by atoms with Crippen molar-refractivity contribution >= 4 is 23.5 Å². The van der Waals surface area contributed by atoms with Crippen molar-refractivity contribution in [1.82, 2.24) is 10.2 Å². The number of rotatable bonds is 8. The number of para-hydroxylation sites is 1. The van der Waals surface area contributed by atoms with E-state index in [9.17, 15) is 22.8 Å². The molecule has 4 rings (SSSR count). The van der Waals surface area contributed by atoms with Crippen molar-refractivity contribution in [3.8, 4) is 11.5 Å². The van der Waals surface area contributed by atoms with E-state index in [0.29, 0.717) is 48.7 Å². The Morgan fingerprint density at radius 3 is 2.62 bits per heavy atom. The molecule has 2 aliphatic rings. The topological polar surface area (TPSA) is 77.1 Å². The Hall–Kier alpha value is -2.98. The number of nitrogens with one attached hydrogen (secondary N) is 1. The summed E-state index contributed by atoms with van der Waals surface area (Å²) in [4.78, 5) is 25.4. The molecule has 1 fully saturated rings. The monoisotopic (exact) mass is 540 g/mol. The molecule has 0 saturated carbocycles. The fourth-order valence-corrected chi connectivity index (χ4v) is 4.88. The average molecular weight is 541 g/mol. The second-order valence-corrected chi connectivity index (χ2v) is 9.74. The van der Waals surface area contributed by atoms with Gasteiger partial charge in [0.1, 0.15) is 29.8 Å². The highest BCUT2D eigenvalue weighted by Gasteiger charge is 2.44. The molecule has 1 N–H and O–H groups in total. The largest absolute Gasteiger partial charge is 0.490 e. The second kappa shape index (κ2) is 11.2. The van der Waals surface area contributed by atoms with Crippen molar-refractivity contribution in [2.45, 2.75) is 43.6 Å². The summed E-state index contributed by atoms with van der Waals surface area (Å²) in [6.45, 7) is 0.868. The number of carbonyl (C=O) groups is 2. The van der Waals surface area contributed by atoms with Crippen LogP contribution in [0.4, 0.5) is 13.2 Å². The van der Waals surface area contributed by atoms with E-state index in [1.54, 1.807) is 30.3 Å². The first-order chi connectivity index (χ1) is 17.6. The summed E-state index contributed by atoms with van der Waals surface area (Å²) >= 11 is 6.10. The van der Waals surface area contributed by atoms with Crippen LogP contribution in [0.1, 0.15) is 24.0 Å². The third-order valence-corrected chi connectivity index (χ3v) is 6.86. The van der Waals surface area contributed by atoms with E-state index < -0.39 is 18.2 Å². The van der Waals surface area contributed by atoms with Crippen LogP contribution in [0.5, 0.6) is 11.5 Å². The predicted octanol–water partition coefficient (Wildman–Crippen LogP) is 3.95. The predicted molar refractivity (Wildman–Crippen MR) is 130 cm³/mol. The van der Waals surface area contributed by atoms with E-state index in [-0.39, 0.29) is 31.1 Å². The van der Waals surface area contributed by atoms with Crippen molar-refractivity contribution in [1.29, 1.82) is 0 Å². The van der Waals surface area contributed by atoms with Crippen LogP contribution >= 0.6 is 11.6 Å². The van der Waals surface area contributed by atoms with E-state index in [1.807, 2.05) is 17.0 Å². The number of ether oxygens (including phenoxy) is 3. The second-order valence-electron chi connectivity index (χ2n) is 9.31. The van der Waals surface area contributed by atoms with Crippen LogP contribution in [0.15, 0.2) is 42.5 Å². The zero-order valence-electron chi connectivity index (χ0n) is 20.3. The number of piperidine rings is 1. The fraction of sp³-hybridized carbons (Fsp3) is 0.462. The lowest BCUT2D eigenvalue weighted by atomic mass is 9.87. The number of amides is 1. The van der Waals surface area contributed by atoms with Gasteiger partial charge >= 0.3 is 12.1 Å². The summed E-state index contributed by atoms with van der Waals surface area (Å²) in [5, 5.41) is 3.16. The highest BCUT2D eigenvalue weighted by atomic mass is 35.5. The lowest BCUT2D eigenvalue weighted by molar-refractivity contribution is -0.206. The normalized spacial score (nSPS) is 17.5. The van der Waals surface area contributed by atoms with Crippen molar-refractivity contribution in [3.63, 3.8) is 0 Å². The maximum atomic E-state index is 13.0. The first-order valence-electron chi connectivity index (χ1n) is 12.0. The molecule has 200 valence electrons. The van der Waals surface area contributed by atoms with Crippen LogP contribution in [0.25, 0.3) is 0 Å². The molecule has 37 heavy (non-hydrogen) atoms. The number of alkyl halides is 3. The van der Waals surface area contributed by atoms with Crippen molar-refractivity contribution in [3.05, 3.63) is 58.6 Å². The maximum absolute atomic E-state index is 13.0. The van der Waals surface area contributed by atoms with Gasteiger partial charge in [0.05, 0.1) is 6.42 Å². The number of benzene rings is 2. The van der Waals surface area contributed by atoms with E-state index in [2.05, 4.69) is 5.32 Å². The van der Waals surface area contributed by atoms with Crippen LogP contribution < -0.4 is 14.8 Å². The van der Waals surface area contributed by atoms with Gasteiger partial charge in [-0.2, -0.15) is 13.2 Å². The van der Waals surface area contributed by atoms with Gasteiger partial charge in [0.15, 0.2) is 0 Å². The van der Waals surface area contributed by atoms with Crippen LogP contribution in [-0.2, 0) is 27.2 Å². The van der Waals surface area contributed by atoms with Gasteiger partial charge < -0.3 is 19.5 Å². The lowest BCUT2D eigenvalue weighted by Gasteiger charge is -2.39. The Bertz CT molecular complexity index is 1140. The molecule has 0 unspecified atom stereocenters. The Morgan fingerprint density at radius 1 is 1.19 bits per heavy atom. The number of fused-ring (bicyclic) bond motifs is 1. The molecule has 1 saturated heterocycles. The first kappa shape index (κ1) is 27.1. The van der Waals surface area contributed by atoms with Gasteiger partial charge in [-0.15, -0.1) is 0 Å². The summed E-state index contributed by atoms with van der Waals surface area (Å²) in [6, 6.07) is 12.3. The molecule has 1 spiro atoms. The quantitative estimate of drug-likeness (QED) is 0.511. The summed E-state index contributed by atoms with van der Waals surface area (Å²) in [7, 11) is 1.51. The zero-order valence-corrected chi connectivity index (χ0v) is 21.0. The summed E-state index contributed by atoms with van der Waals surface area (Å²) in [6.07, 6.45) is -4.21. The number of likely N-dealkylation sites (N-methyl/N-ethyl adjacent to an activating group) is 1. The zero-order chi connectivity index (χ0) is 26.6. The van der Waals surface area contributed by atoms with Gasteiger partial charge in [-0.3, -0.25) is 9.69 Å². The third kappa shape index (κ3) is 6.87. The number of halogens is 4. The molecule has 0 radical (unpaired) electrons. The molecule has 2 aromatic rings. The van der Waals surface area contributed by atoms with Crippen LogP contribution in [0, 0.1) is 0 Å². The van der Waals surface area contributed by atoms with Gasteiger partial charge in [0, 0.05) is 56.5 Å². The van der Waals surface area contributed by atoms with E-state index in [4.69, 9.17) is 25.8 Å². The highest BCUT2D eigenvalue weighted by Crippen LogP contribution is 2.42. The van der Waals surface area contributed by atoms with Crippen molar-refractivity contribution in [2.24, 2.45) is 0 Å². The molecule has 2 aromatic carbocycles. The molecule has 0 aliphatic carbocycles. The molecule has 2 aliphatic heterocycles. The SMILES string of the molecule is CNC(=O)Cc1ccccc1OC[C@@H](CN1CCC2(CC1)Cc1cc(Cl)ccc1O2)OC(=O)C(F)(F)F. The van der Waals surface area contributed by atoms with Gasteiger partial charge in [0.25, 0.3) is 0 Å². The molecule has 0 bridgehead atoms. The van der Waals surface area contributed by atoms with Gasteiger partial charge in [-0.1, -0.05) is 29.8 Å². The van der Waals surface area contributed by atoms with Crippen LogP contribution in [0.2, 0.25) is 5.02 Å². The average Bonchev–Trinajstić information content (AvgIpc) is 3.20. The van der Waals surface area contributed by atoms with Crippen LogP contribution in [0.3, 0.4) is 0 Å².